The smallest absolute Gasteiger partial charge is 0.225 e. The second kappa shape index (κ2) is 4.98. The van der Waals surface area contributed by atoms with Gasteiger partial charge in [0.1, 0.15) is 6.33 Å². The van der Waals surface area contributed by atoms with Crippen molar-refractivity contribution in [2.24, 2.45) is 5.92 Å². The predicted octanol–water partition coefficient (Wildman–Crippen LogP) is 1.69. The zero-order chi connectivity index (χ0) is 14.2. The van der Waals surface area contributed by atoms with Crippen molar-refractivity contribution in [1.82, 2.24) is 14.9 Å². The van der Waals surface area contributed by atoms with Crippen molar-refractivity contribution in [3.63, 3.8) is 0 Å². The summed E-state index contributed by atoms with van der Waals surface area (Å²) in [6.07, 6.45) is 5.59. The van der Waals surface area contributed by atoms with E-state index in [0.29, 0.717) is 11.8 Å². The Bertz CT molecular complexity index is 675. The highest BCUT2D eigenvalue weighted by Crippen LogP contribution is 2.31. The van der Waals surface area contributed by atoms with E-state index in [-0.39, 0.29) is 0 Å². The number of benzene rings is 1. The van der Waals surface area contributed by atoms with Gasteiger partial charge < -0.3 is 9.80 Å². The Morgan fingerprint density at radius 3 is 2.71 bits per heavy atom. The number of amides is 1. The molecule has 4 rings (SSSR count). The summed E-state index contributed by atoms with van der Waals surface area (Å²) in [4.78, 5) is 24.8. The molecule has 21 heavy (non-hydrogen) atoms. The molecule has 2 aliphatic rings. The maximum atomic E-state index is 12.1. The van der Waals surface area contributed by atoms with Gasteiger partial charge in [-0.1, -0.05) is 0 Å². The van der Waals surface area contributed by atoms with Crippen LogP contribution < -0.4 is 4.90 Å². The van der Waals surface area contributed by atoms with Gasteiger partial charge >= 0.3 is 0 Å². The van der Waals surface area contributed by atoms with Gasteiger partial charge in [-0.05, 0) is 31.0 Å². The third-order valence-corrected chi connectivity index (χ3v) is 4.37. The van der Waals surface area contributed by atoms with E-state index in [1.165, 1.54) is 5.69 Å². The van der Waals surface area contributed by atoms with Crippen molar-refractivity contribution in [1.29, 1.82) is 0 Å². The molecular weight excluding hydrogens is 264 g/mol. The van der Waals surface area contributed by atoms with E-state index in [2.05, 4.69) is 27.0 Å². The number of anilines is 1. The lowest BCUT2D eigenvalue weighted by molar-refractivity contribution is -0.132. The monoisotopic (exact) mass is 282 g/mol. The first-order valence-corrected chi connectivity index (χ1v) is 7.55. The number of carbonyl (C=O) groups excluding carboxylic acids is 1. The molecule has 108 valence electrons. The lowest BCUT2D eigenvalue weighted by atomic mass is 10.2. The zero-order valence-electron chi connectivity index (χ0n) is 11.9. The van der Waals surface area contributed by atoms with Gasteiger partial charge in [-0.25, -0.2) is 9.97 Å². The molecule has 2 heterocycles. The van der Waals surface area contributed by atoms with Crippen molar-refractivity contribution in [3.05, 3.63) is 30.7 Å². The first kappa shape index (κ1) is 12.6. The van der Waals surface area contributed by atoms with Crippen LogP contribution in [0.3, 0.4) is 0 Å². The number of fused-ring (bicyclic) bond motifs is 1. The topological polar surface area (TPSA) is 49.3 Å². The van der Waals surface area contributed by atoms with Crippen LogP contribution >= 0.6 is 0 Å². The number of rotatable bonds is 2. The van der Waals surface area contributed by atoms with Gasteiger partial charge in [0.05, 0.1) is 5.52 Å². The number of aromatic nitrogens is 2. The van der Waals surface area contributed by atoms with E-state index in [1.54, 1.807) is 6.33 Å². The second-order valence-electron chi connectivity index (χ2n) is 5.85. The van der Waals surface area contributed by atoms with Crippen molar-refractivity contribution in [2.75, 3.05) is 31.1 Å². The molecule has 1 saturated carbocycles. The maximum Gasteiger partial charge on any atom is 0.225 e. The van der Waals surface area contributed by atoms with Gasteiger partial charge in [0.25, 0.3) is 0 Å². The molecule has 0 N–H and O–H groups in total. The lowest BCUT2D eigenvalue weighted by Crippen LogP contribution is -2.49. The summed E-state index contributed by atoms with van der Waals surface area (Å²) < 4.78 is 0. The van der Waals surface area contributed by atoms with Crippen LogP contribution in [0.2, 0.25) is 0 Å². The fraction of sp³-hybridized carbons (Fsp3) is 0.438. The van der Waals surface area contributed by atoms with E-state index in [1.807, 2.05) is 17.2 Å². The van der Waals surface area contributed by atoms with E-state index in [0.717, 1.165) is 49.9 Å². The van der Waals surface area contributed by atoms with Crippen LogP contribution in [0.4, 0.5) is 5.69 Å². The van der Waals surface area contributed by atoms with Crippen molar-refractivity contribution < 1.29 is 4.79 Å². The average molecular weight is 282 g/mol. The Balaban J connectivity index is 1.48. The molecule has 1 aliphatic carbocycles. The molecule has 1 amide bonds. The quantitative estimate of drug-likeness (QED) is 0.841. The Hall–Kier alpha value is -2.17. The number of carbonyl (C=O) groups is 1. The Morgan fingerprint density at radius 1 is 1.14 bits per heavy atom. The number of hydrogen-bond donors (Lipinski definition) is 0. The first-order valence-electron chi connectivity index (χ1n) is 7.55. The van der Waals surface area contributed by atoms with Crippen LogP contribution in [0.15, 0.2) is 30.7 Å². The third-order valence-electron chi connectivity index (χ3n) is 4.37. The molecule has 0 bridgehead atoms. The number of piperazine rings is 1. The van der Waals surface area contributed by atoms with E-state index in [4.69, 9.17) is 0 Å². The second-order valence-corrected chi connectivity index (χ2v) is 5.85. The van der Waals surface area contributed by atoms with E-state index in [9.17, 15) is 4.79 Å². The largest absolute Gasteiger partial charge is 0.368 e. The maximum absolute atomic E-state index is 12.1. The minimum atomic E-state index is 0.328. The van der Waals surface area contributed by atoms with Crippen LogP contribution in [0.5, 0.6) is 0 Å². The molecule has 0 spiro atoms. The molecule has 5 nitrogen and oxygen atoms in total. The van der Waals surface area contributed by atoms with Gasteiger partial charge in [-0.3, -0.25) is 4.79 Å². The third kappa shape index (κ3) is 2.44. The SMILES string of the molecule is O=C(C1CC1)N1CCN(c2ccc3ncncc3c2)CC1. The van der Waals surface area contributed by atoms with Gasteiger partial charge in [0.15, 0.2) is 0 Å². The molecule has 2 aromatic rings. The summed E-state index contributed by atoms with van der Waals surface area (Å²) >= 11 is 0. The lowest BCUT2D eigenvalue weighted by Gasteiger charge is -2.36. The molecule has 0 unspecified atom stereocenters. The highest BCUT2D eigenvalue weighted by Gasteiger charge is 2.34. The molecular formula is C16H18N4O. The number of hydrogen-bond acceptors (Lipinski definition) is 4. The summed E-state index contributed by atoms with van der Waals surface area (Å²) in [5, 5.41) is 1.06. The molecule has 1 saturated heterocycles. The van der Waals surface area contributed by atoms with Crippen LogP contribution in [0.1, 0.15) is 12.8 Å². The highest BCUT2D eigenvalue weighted by molar-refractivity contribution is 5.82. The highest BCUT2D eigenvalue weighted by atomic mass is 16.2. The fourth-order valence-electron chi connectivity index (χ4n) is 2.94. The van der Waals surface area contributed by atoms with E-state index < -0.39 is 0 Å². The van der Waals surface area contributed by atoms with Crippen molar-refractivity contribution in [3.8, 4) is 0 Å². The normalized spacial score (nSPS) is 19.0. The molecule has 5 heteroatoms. The molecule has 1 aromatic carbocycles. The standard InChI is InChI=1S/C16H18N4O/c21-16(12-1-2-12)20-7-5-19(6-8-20)14-3-4-15-13(9-14)10-17-11-18-15/h3-4,9-12H,1-2,5-8H2. The molecule has 1 aliphatic heterocycles. The molecule has 0 radical (unpaired) electrons. The van der Waals surface area contributed by atoms with E-state index >= 15 is 0 Å². The van der Waals surface area contributed by atoms with Gasteiger partial charge in [-0.15, -0.1) is 0 Å². The van der Waals surface area contributed by atoms with Crippen molar-refractivity contribution in [2.45, 2.75) is 12.8 Å². The van der Waals surface area contributed by atoms with Gasteiger partial charge in [0, 0.05) is 49.4 Å². The summed E-state index contributed by atoms with van der Waals surface area (Å²) in [5.74, 6) is 0.691. The van der Waals surface area contributed by atoms with Crippen LogP contribution in [0, 0.1) is 5.92 Å². The molecule has 2 fully saturated rings. The Kier molecular flexibility index (Phi) is 2.98. The van der Waals surface area contributed by atoms with Gasteiger partial charge in [-0.2, -0.15) is 0 Å². The number of nitrogens with zero attached hydrogens (tertiary/aromatic N) is 4. The fourth-order valence-corrected chi connectivity index (χ4v) is 2.94. The van der Waals surface area contributed by atoms with Crippen LogP contribution in [0.25, 0.3) is 10.9 Å². The molecule has 0 atom stereocenters. The minimum Gasteiger partial charge on any atom is -0.368 e. The first-order chi connectivity index (χ1) is 10.3. The summed E-state index contributed by atoms with van der Waals surface area (Å²) in [6.45, 7) is 3.46. The van der Waals surface area contributed by atoms with Crippen LogP contribution in [-0.2, 0) is 4.79 Å². The Morgan fingerprint density at radius 2 is 1.95 bits per heavy atom. The summed E-state index contributed by atoms with van der Waals surface area (Å²) in [5.41, 5.74) is 2.16. The Labute approximate surface area is 123 Å². The summed E-state index contributed by atoms with van der Waals surface area (Å²) in [6, 6.07) is 6.27. The van der Waals surface area contributed by atoms with Gasteiger partial charge in [0.2, 0.25) is 5.91 Å². The summed E-state index contributed by atoms with van der Waals surface area (Å²) in [7, 11) is 0. The average Bonchev–Trinajstić information content (AvgIpc) is 3.39. The molecule has 1 aromatic heterocycles. The predicted molar refractivity (Wildman–Crippen MR) is 81.1 cm³/mol. The zero-order valence-corrected chi connectivity index (χ0v) is 11.9. The van der Waals surface area contributed by atoms with Crippen molar-refractivity contribution >= 4 is 22.5 Å². The minimum absolute atomic E-state index is 0.328. The van der Waals surface area contributed by atoms with Crippen LogP contribution in [-0.4, -0.2) is 47.0 Å².